The van der Waals surface area contributed by atoms with Crippen LogP contribution in [-0.4, -0.2) is 29.5 Å². The van der Waals surface area contributed by atoms with Crippen molar-refractivity contribution in [2.45, 2.75) is 13.3 Å². The zero-order valence-electron chi connectivity index (χ0n) is 11.7. The zero-order chi connectivity index (χ0) is 14.4. The Bertz CT molecular complexity index is 598. The van der Waals surface area contributed by atoms with Gasteiger partial charge in [0.2, 0.25) is 5.91 Å². The molecule has 0 aliphatic carbocycles. The van der Waals surface area contributed by atoms with E-state index in [0.29, 0.717) is 18.8 Å². The van der Waals surface area contributed by atoms with Crippen LogP contribution in [0.3, 0.4) is 0 Å². The molecule has 1 aromatic heterocycles. The number of aryl methyl sites for hydroxylation is 1. The van der Waals surface area contributed by atoms with Crippen LogP contribution in [0.1, 0.15) is 12.1 Å². The van der Waals surface area contributed by atoms with Crippen LogP contribution in [0.25, 0.3) is 11.4 Å². The molecule has 0 unspecified atom stereocenters. The van der Waals surface area contributed by atoms with Crippen LogP contribution in [0.4, 0.5) is 5.69 Å². The average Bonchev–Trinajstić information content (AvgIpc) is 2.45. The summed E-state index contributed by atoms with van der Waals surface area (Å²) in [6.45, 7) is 2.58. The third-order valence-electron chi connectivity index (χ3n) is 2.80. The molecule has 0 bridgehead atoms. The highest BCUT2D eigenvalue weighted by Crippen LogP contribution is 2.19. The van der Waals surface area contributed by atoms with Gasteiger partial charge in [0.25, 0.3) is 0 Å². The van der Waals surface area contributed by atoms with Gasteiger partial charge < -0.3 is 10.6 Å². The molecule has 0 fully saturated rings. The molecule has 1 amide bonds. The number of benzene rings is 1. The normalized spacial score (nSPS) is 10.3. The Morgan fingerprint density at radius 3 is 2.90 bits per heavy atom. The summed E-state index contributed by atoms with van der Waals surface area (Å²) in [6.07, 6.45) is 2.18. The second-order valence-electron chi connectivity index (χ2n) is 4.50. The van der Waals surface area contributed by atoms with Gasteiger partial charge in [0.05, 0.1) is 0 Å². The first-order chi connectivity index (χ1) is 9.69. The molecule has 2 aromatic rings. The van der Waals surface area contributed by atoms with Crippen molar-refractivity contribution < 1.29 is 4.79 Å². The van der Waals surface area contributed by atoms with E-state index < -0.39 is 0 Å². The minimum Gasteiger partial charge on any atom is -0.326 e. The van der Waals surface area contributed by atoms with Crippen LogP contribution in [0, 0.1) is 6.92 Å². The Morgan fingerprint density at radius 2 is 2.15 bits per heavy atom. The van der Waals surface area contributed by atoms with Crippen LogP contribution in [-0.2, 0) is 4.79 Å². The molecule has 0 radical (unpaired) electrons. The molecule has 0 atom stereocenters. The van der Waals surface area contributed by atoms with Crippen LogP contribution < -0.4 is 10.6 Å². The van der Waals surface area contributed by atoms with E-state index in [1.165, 1.54) is 0 Å². The maximum absolute atomic E-state index is 11.7. The van der Waals surface area contributed by atoms with Crippen molar-refractivity contribution >= 4 is 11.6 Å². The number of hydrogen-bond acceptors (Lipinski definition) is 4. The first-order valence-corrected chi connectivity index (χ1v) is 6.53. The van der Waals surface area contributed by atoms with Crippen molar-refractivity contribution in [1.82, 2.24) is 15.3 Å². The molecule has 1 aromatic carbocycles. The zero-order valence-corrected chi connectivity index (χ0v) is 11.7. The maximum Gasteiger partial charge on any atom is 0.225 e. The summed E-state index contributed by atoms with van der Waals surface area (Å²) < 4.78 is 0. The Morgan fingerprint density at radius 1 is 1.30 bits per heavy atom. The van der Waals surface area contributed by atoms with Gasteiger partial charge >= 0.3 is 0 Å². The van der Waals surface area contributed by atoms with Gasteiger partial charge in [-0.15, -0.1) is 0 Å². The van der Waals surface area contributed by atoms with Crippen molar-refractivity contribution in [3.63, 3.8) is 0 Å². The number of aromatic nitrogens is 2. The Kier molecular flexibility index (Phi) is 4.79. The molecule has 2 rings (SSSR count). The molecule has 0 saturated carbocycles. The lowest BCUT2D eigenvalue weighted by molar-refractivity contribution is -0.116. The lowest BCUT2D eigenvalue weighted by Gasteiger charge is -2.07. The van der Waals surface area contributed by atoms with Crippen LogP contribution in [0.5, 0.6) is 0 Å². The predicted octanol–water partition coefficient (Wildman–Crippen LogP) is 2.00. The topological polar surface area (TPSA) is 66.9 Å². The van der Waals surface area contributed by atoms with Gasteiger partial charge in [-0.1, -0.05) is 12.1 Å². The minimum absolute atomic E-state index is 0.0124. The molecule has 0 saturated heterocycles. The van der Waals surface area contributed by atoms with Crippen molar-refractivity contribution in [3.8, 4) is 11.4 Å². The number of amides is 1. The second-order valence-corrected chi connectivity index (χ2v) is 4.50. The molecule has 2 N–H and O–H groups in total. The summed E-state index contributed by atoms with van der Waals surface area (Å²) in [4.78, 5) is 20.3. The van der Waals surface area contributed by atoms with E-state index in [9.17, 15) is 4.79 Å². The lowest BCUT2D eigenvalue weighted by Crippen LogP contribution is -2.18. The first kappa shape index (κ1) is 14.1. The largest absolute Gasteiger partial charge is 0.326 e. The van der Waals surface area contributed by atoms with E-state index in [-0.39, 0.29) is 5.91 Å². The van der Waals surface area contributed by atoms with E-state index in [1.807, 2.05) is 44.3 Å². The third-order valence-corrected chi connectivity index (χ3v) is 2.80. The van der Waals surface area contributed by atoms with E-state index in [2.05, 4.69) is 20.6 Å². The van der Waals surface area contributed by atoms with Gasteiger partial charge in [-0.2, -0.15) is 0 Å². The van der Waals surface area contributed by atoms with Crippen molar-refractivity contribution in [2.24, 2.45) is 0 Å². The van der Waals surface area contributed by atoms with Crippen LogP contribution in [0.15, 0.2) is 36.5 Å². The number of anilines is 1. The molecular weight excluding hydrogens is 252 g/mol. The quantitative estimate of drug-likeness (QED) is 0.872. The highest BCUT2D eigenvalue weighted by atomic mass is 16.1. The summed E-state index contributed by atoms with van der Waals surface area (Å²) in [5.74, 6) is 0.651. The first-order valence-electron chi connectivity index (χ1n) is 6.53. The highest BCUT2D eigenvalue weighted by Gasteiger charge is 2.05. The van der Waals surface area contributed by atoms with E-state index in [0.717, 1.165) is 16.9 Å². The molecular formula is C15H18N4O. The summed E-state index contributed by atoms with van der Waals surface area (Å²) in [5.41, 5.74) is 2.56. The van der Waals surface area contributed by atoms with Gasteiger partial charge in [-0.05, 0) is 32.2 Å². The van der Waals surface area contributed by atoms with Crippen LogP contribution in [0.2, 0.25) is 0 Å². The molecule has 5 nitrogen and oxygen atoms in total. The van der Waals surface area contributed by atoms with E-state index in [4.69, 9.17) is 0 Å². The summed E-state index contributed by atoms with van der Waals surface area (Å²) >= 11 is 0. The number of nitrogens with one attached hydrogen (secondary N) is 2. The number of nitrogens with zero attached hydrogens (tertiary/aromatic N) is 2. The number of carbonyl (C=O) groups is 1. The van der Waals surface area contributed by atoms with Gasteiger partial charge in [0.1, 0.15) is 0 Å². The Labute approximate surface area is 118 Å². The van der Waals surface area contributed by atoms with Gasteiger partial charge in [-0.25, -0.2) is 9.97 Å². The second kappa shape index (κ2) is 6.77. The van der Waals surface area contributed by atoms with Gasteiger partial charge in [-0.3, -0.25) is 4.79 Å². The summed E-state index contributed by atoms with van der Waals surface area (Å²) in [5, 5.41) is 5.81. The summed E-state index contributed by atoms with van der Waals surface area (Å²) in [7, 11) is 1.82. The minimum atomic E-state index is -0.0124. The smallest absolute Gasteiger partial charge is 0.225 e. The number of hydrogen-bond donors (Lipinski definition) is 2. The Hall–Kier alpha value is -2.27. The number of carbonyl (C=O) groups excluding carboxylic acids is 1. The maximum atomic E-state index is 11.7. The van der Waals surface area contributed by atoms with E-state index >= 15 is 0 Å². The monoisotopic (exact) mass is 270 g/mol. The predicted molar refractivity (Wildman–Crippen MR) is 79.4 cm³/mol. The molecule has 0 spiro atoms. The van der Waals surface area contributed by atoms with Crippen molar-refractivity contribution in [3.05, 3.63) is 42.2 Å². The molecule has 0 aliphatic rings. The Balaban J connectivity index is 2.14. The standard InChI is InChI=1S/C15H18N4O/c1-11-6-9-17-15(18-11)12-4-3-5-13(10-12)19-14(20)7-8-16-2/h3-6,9-10,16H,7-8H2,1-2H3,(H,19,20). The highest BCUT2D eigenvalue weighted by molar-refractivity contribution is 5.91. The fourth-order valence-corrected chi connectivity index (χ4v) is 1.79. The number of rotatable bonds is 5. The summed E-state index contributed by atoms with van der Waals surface area (Å²) in [6, 6.07) is 9.40. The van der Waals surface area contributed by atoms with E-state index in [1.54, 1.807) is 6.20 Å². The van der Waals surface area contributed by atoms with Gasteiger partial charge in [0.15, 0.2) is 5.82 Å². The van der Waals surface area contributed by atoms with Gasteiger partial charge in [0, 0.05) is 36.1 Å². The molecule has 20 heavy (non-hydrogen) atoms. The SMILES string of the molecule is CNCCC(=O)Nc1cccc(-c2nccc(C)n2)c1. The molecule has 104 valence electrons. The van der Waals surface area contributed by atoms with Crippen molar-refractivity contribution in [2.75, 3.05) is 18.9 Å². The van der Waals surface area contributed by atoms with Crippen LogP contribution >= 0.6 is 0 Å². The van der Waals surface area contributed by atoms with Crippen molar-refractivity contribution in [1.29, 1.82) is 0 Å². The fraction of sp³-hybridized carbons (Fsp3) is 0.267. The molecule has 5 heteroatoms. The molecule has 1 heterocycles. The fourth-order valence-electron chi connectivity index (χ4n) is 1.79. The lowest BCUT2D eigenvalue weighted by atomic mass is 10.2. The molecule has 0 aliphatic heterocycles. The third kappa shape index (κ3) is 3.86. The average molecular weight is 270 g/mol.